The Kier molecular flexibility index (Phi) is 8.62. The van der Waals surface area contributed by atoms with E-state index in [4.69, 9.17) is 15.6 Å². The van der Waals surface area contributed by atoms with Gasteiger partial charge in [-0.2, -0.15) is 0 Å². The molecule has 0 spiro atoms. The van der Waals surface area contributed by atoms with E-state index in [1.807, 2.05) is 0 Å². The maximum atomic E-state index is 12.1. The van der Waals surface area contributed by atoms with Crippen molar-refractivity contribution in [3.63, 3.8) is 0 Å². The molecule has 0 saturated heterocycles. The van der Waals surface area contributed by atoms with Crippen LogP contribution in [0, 0.1) is 0 Å². The molecule has 1 aromatic heterocycles. The zero-order valence-electron chi connectivity index (χ0n) is 16.2. The van der Waals surface area contributed by atoms with Crippen LogP contribution in [0.3, 0.4) is 0 Å². The van der Waals surface area contributed by atoms with E-state index in [9.17, 15) is 14.4 Å². The summed E-state index contributed by atoms with van der Waals surface area (Å²) >= 11 is 0. The van der Waals surface area contributed by atoms with E-state index >= 15 is 0 Å². The number of rotatable bonds is 11. The Morgan fingerprint density at radius 1 is 1.36 bits per heavy atom. The van der Waals surface area contributed by atoms with Gasteiger partial charge in [-0.25, -0.2) is 4.79 Å². The van der Waals surface area contributed by atoms with Crippen molar-refractivity contribution in [3.8, 4) is 0 Å². The number of hydrogen-bond donors (Lipinski definition) is 4. The number of ether oxygens (including phenoxy) is 1. The number of hydrogen-bond acceptors (Lipinski definition) is 6. The fraction of sp³-hybridized carbons (Fsp3) is 0.632. The number of aromatic amines is 1. The lowest BCUT2D eigenvalue weighted by Crippen LogP contribution is -2.36. The minimum Gasteiger partial charge on any atom is -0.393 e. The fourth-order valence-corrected chi connectivity index (χ4v) is 2.97. The summed E-state index contributed by atoms with van der Waals surface area (Å²) < 4.78 is 6.68. The van der Waals surface area contributed by atoms with Crippen LogP contribution in [0.1, 0.15) is 50.8 Å². The molecule has 9 heteroatoms. The van der Waals surface area contributed by atoms with Crippen molar-refractivity contribution < 1.29 is 14.6 Å². The average molecular weight is 394 g/mol. The third-order valence-corrected chi connectivity index (χ3v) is 4.75. The van der Waals surface area contributed by atoms with Gasteiger partial charge in [0.25, 0.3) is 5.56 Å². The zero-order valence-corrected chi connectivity index (χ0v) is 16.2. The summed E-state index contributed by atoms with van der Waals surface area (Å²) in [5, 5.41) is 11.9. The Balaban J connectivity index is 1.85. The van der Waals surface area contributed by atoms with Gasteiger partial charge in [-0.05, 0) is 25.3 Å². The third kappa shape index (κ3) is 6.43. The second-order valence-electron chi connectivity index (χ2n) is 7.00. The van der Waals surface area contributed by atoms with Crippen molar-refractivity contribution >= 4 is 5.91 Å². The summed E-state index contributed by atoms with van der Waals surface area (Å²) in [6.07, 6.45) is 8.05. The van der Waals surface area contributed by atoms with Crippen LogP contribution < -0.4 is 22.3 Å². The number of carbonyl (C=O) groups excluding carboxylic acids is 1. The van der Waals surface area contributed by atoms with Gasteiger partial charge in [0.1, 0.15) is 6.10 Å². The molecule has 0 aromatic carbocycles. The highest BCUT2D eigenvalue weighted by molar-refractivity contribution is 5.78. The normalized spacial score (nSPS) is 19.7. The molecule has 0 radical (unpaired) electrons. The Labute approximate surface area is 163 Å². The summed E-state index contributed by atoms with van der Waals surface area (Å²) in [5.41, 5.74) is 4.82. The van der Waals surface area contributed by atoms with Gasteiger partial charge < -0.3 is 20.9 Å². The Hall–Kier alpha value is -2.23. The van der Waals surface area contributed by atoms with Crippen LogP contribution in [0.25, 0.3) is 0 Å². The molecule has 1 aromatic rings. The van der Waals surface area contributed by atoms with Crippen molar-refractivity contribution in [2.45, 2.75) is 63.8 Å². The minimum atomic E-state index is -0.724. The monoisotopic (exact) mass is 394 g/mol. The molecular formula is C19H30N4O5. The number of nitrogens with one attached hydrogen (secondary N) is 2. The van der Waals surface area contributed by atoms with E-state index < -0.39 is 23.6 Å². The largest absolute Gasteiger partial charge is 0.393 e. The Morgan fingerprint density at radius 3 is 2.82 bits per heavy atom. The van der Waals surface area contributed by atoms with E-state index in [-0.39, 0.29) is 30.5 Å². The topological polar surface area (TPSA) is 139 Å². The Morgan fingerprint density at radius 2 is 2.14 bits per heavy atom. The molecule has 0 bridgehead atoms. The summed E-state index contributed by atoms with van der Waals surface area (Å²) in [7, 11) is 0. The van der Waals surface area contributed by atoms with E-state index in [1.165, 1.54) is 10.8 Å². The van der Waals surface area contributed by atoms with Crippen molar-refractivity contribution in [2.24, 2.45) is 5.73 Å². The van der Waals surface area contributed by atoms with Crippen molar-refractivity contribution in [2.75, 3.05) is 13.2 Å². The number of aromatic nitrogens is 2. The van der Waals surface area contributed by atoms with Gasteiger partial charge in [0.05, 0.1) is 13.0 Å². The molecule has 3 unspecified atom stereocenters. The van der Waals surface area contributed by atoms with Gasteiger partial charge in [-0.3, -0.25) is 19.1 Å². The number of aliphatic hydroxyl groups is 1. The minimum absolute atomic E-state index is 0.129. The predicted octanol–water partition coefficient (Wildman–Crippen LogP) is -0.0611. The number of carbonyl (C=O) groups is 1. The molecule has 2 heterocycles. The van der Waals surface area contributed by atoms with Gasteiger partial charge in [0.2, 0.25) is 5.91 Å². The third-order valence-electron chi connectivity index (χ3n) is 4.75. The molecule has 1 aliphatic rings. The quantitative estimate of drug-likeness (QED) is 0.306. The van der Waals surface area contributed by atoms with Crippen LogP contribution in [0.15, 0.2) is 27.9 Å². The summed E-state index contributed by atoms with van der Waals surface area (Å²) in [4.78, 5) is 38.4. The smallest absolute Gasteiger partial charge is 0.330 e. The first kappa shape index (κ1) is 22.1. The number of amides is 1. The molecule has 2 rings (SSSR count). The molecule has 28 heavy (non-hydrogen) atoms. The molecule has 156 valence electrons. The van der Waals surface area contributed by atoms with E-state index in [0.717, 1.165) is 32.1 Å². The van der Waals surface area contributed by atoms with Gasteiger partial charge in [-0.15, -0.1) is 0 Å². The number of unbranched alkanes of at least 4 members (excludes halogenated alkanes) is 2. The molecule has 0 fully saturated rings. The number of nitrogens with two attached hydrogens (primary N) is 1. The van der Waals surface area contributed by atoms with Crippen LogP contribution >= 0.6 is 0 Å². The molecule has 0 aliphatic carbocycles. The summed E-state index contributed by atoms with van der Waals surface area (Å²) in [6.45, 7) is 2.39. The van der Waals surface area contributed by atoms with E-state index in [2.05, 4.69) is 17.2 Å². The molecule has 0 saturated carbocycles. The first-order valence-electron chi connectivity index (χ1n) is 9.75. The lowest BCUT2D eigenvalue weighted by molar-refractivity contribution is -0.120. The number of H-pyrrole nitrogens is 1. The zero-order chi connectivity index (χ0) is 20.5. The maximum Gasteiger partial charge on any atom is 0.330 e. The van der Waals surface area contributed by atoms with Crippen LogP contribution in [0.5, 0.6) is 0 Å². The second-order valence-corrected chi connectivity index (χ2v) is 7.00. The lowest BCUT2D eigenvalue weighted by Gasteiger charge is -2.15. The predicted molar refractivity (Wildman–Crippen MR) is 105 cm³/mol. The van der Waals surface area contributed by atoms with Crippen molar-refractivity contribution in [1.82, 2.24) is 14.9 Å². The molecule has 1 amide bonds. The summed E-state index contributed by atoms with van der Waals surface area (Å²) in [6, 6.07) is 0.239. The molecule has 1 aliphatic heterocycles. The fourth-order valence-electron chi connectivity index (χ4n) is 2.97. The van der Waals surface area contributed by atoms with Crippen LogP contribution in [-0.2, 0) is 16.0 Å². The average Bonchev–Trinajstić information content (AvgIpc) is 3.15. The standard InChI is InChI=1S/C19H30N4O5/c1-2-14(20)6-4-3-5-9-21-16(25)10-13-11-23(19(27)22-18(13)26)17-8-7-15(12-24)28-17/h7-8,11,14-15,17,24H,2-6,9-10,12,20H2,1H3,(H,21,25)(H,22,26,27). The van der Waals surface area contributed by atoms with Crippen LogP contribution in [-0.4, -0.2) is 45.9 Å². The highest BCUT2D eigenvalue weighted by Gasteiger charge is 2.22. The highest BCUT2D eigenvalue weighted by Crippen LogP contribution is 2.19. The van der Waals surface area contributed by atoms with E-state index in [0.29, 0.717) is 6.54 Å². The number of aliphatic hydroxyl groups excluding tert-OH is 1. The van der Waals surface area contributed by atoms with Gasteiger partial charge in [0, 0.05) is 24.3 Å². The molecule has 3 atom stereocenters. The summed E-state index contributed by atoms with van der Waals surface area (Å²) in [5.74, 6) is -0.280. The second kappa shape index (κ2) is 10.9. The van der Waals surface area contributed by atoms with Gasteiger partial charge in [0.15, 0.2) is 6.23 Å². The van der Waals surface area contributed by atoms with Crippen LogP contribution in [0.2, 0.25) is 0 Å². The first-order chi connectivity index (χ1) is 13.4. The van der Waals surface area contributed by atoms with Crippen molar-refractivity contribution in [3.05, 3.63) is 44.8 Å². The molecule has 5 N–H and O–H groups in total. The molecule has 9 nitrogen and oxygen atoms in total. The van der Waals surface area contributed by atoms with Gasteiger partial charge >= 0.3 is 5.69 Å². The van der Waals surface area contributed by atoms with Gasteiger partial charge in [-0.1, -0.05) is 25.8 Å². The molecular weight excluding hydrogens is 364 g/mol. The van der Waals surface area contributed by atoms with E-state index in [1.54, 1.807) is 12.2 Å². The lowest BCUT2D eigenvalue weighted by atomic mass is 10.1. The van der Waals surface area contributed by atoms with Crippen LogP contribution in [0.4, 0.5) is 0 Å². The Bertz CT molecular complexity index is 785. The SMILES string of the molecule is CCC(N)CCCCCNC(=O)Cc1cn(C2C=CC(CO)O2)c(=O)[nH]c1=O. The maximum absolute atomic E-state index is 12.1. The highest BCUT2D eigenvalue weighted by atomic mass is 16.5. The van der Waals surface area contributed by atoms with Crippen molar-refractivity contribution in [1.29, 1.82) is 0 Å². The first-order valence-corrected chi connectivity index (χ1v) is 9.75. The number of nitrogens with zero attached hydrogens (tertiary/aromatic N) is 1.